The van der Waals surface area contributed by atoms with Crippen LogP contribution in [0.1, 0.15) is 41.7 Å². The van der Waals surface area contributed by atoms with E-state index in [1.54, 1.807) is 22.9 Å². The van der Waals surface area contributed by atoms with E-state index in [1.807, 2.05) is 11.1 Å². The average Bonchev–Trinajstić information content (AvgIpc) is 3.38. The summed E-state index contributed by atoms with van der Waals surface area (Å²) in [5.41, 5.74) is 1.40. The SMILES string of the molecule is O=C1CCCc2cn(nn2)CCCOc2cc(Cl)ccc2C(=O)N2CCC(CN1)C2. The van der Waals surface area contributed by atoms with Gasteiger partial charge in [-0.05, 0) is 43.4 Å². The van der Waals surface area contributed by atoms with Crippen molar-refractivity contribution in [2.24, 2.45) is 5.92 Å². The Bertz CT molecular complexity index is 916. The number of carbonyl (C=O) groups is 2. The van der Waals surface area contributed by atoms with Crippen molar-refractivity contribution >= 4 is 23.4 Å². The van der Waals surface area contributed by atoms with Crippen LogP contribution < -0.4 is 10.1 Å². The first-order valence-electron chi connectivity index (χ1n) is 10.5. The molecule has 2 aromatic rings. The van der Waals surface area contributed by atoms with Crippen molar-refractivity contribution in [1.82, 2.24) is 25.2 Å². The van der Waals surface area contributed by atoms with Crippen LogP contribution in [-0.2, 0) is 17.8 Å². The maximum absolute atomic E-state index is 13.1. The number of ether oxygens (including phenoxy) is 1. The first kappa shape index (κ1) is 20.7. The second-order valence-electron chi connectivity index (χ2n) is 7.88. The summed E-state index contributed by atoms with van der Waals surface area (Å²) in [6, 6.07) is 5.13. The number of hydrogen-bond donors (Lipinski definition) is 1. The molecule has 2 aliphatic heterocycles. The van der Waals surface area contributed by atoms with Gasteiger partial charge >= 0.3 is 0 Å². The third-order valence-electron chi connectivity index (χ3n) is 5.55. The van der Waals surface area contributed by atoms with E-state index in [1.165, 1.54) is 0 Å². The minimum Gasteiger partial charge on any atom is -0.493 e. The van der Waals surface area contributed by atoms with Gasteiger partial charge in [0, 0.05) is 50.2 Å². The second-order valence-corrected chi connectivity index (χ2v) is 8.32. The zero-order chi connectivity index (χ0) is 20.9. The lowest BCUT2D eigenvalue weighted by Crippen LogP contribution is -2.33. The first-order valence-corrected chi connectivity index (χ1v) is 10.8. The predicted octanol–water partition coefficient (Wildman–Crippen LogP) is 2.32. The summed E-state index contributed by atoms with van der Waals surface area (Å²) in [7, 11) is 0. The summed E-state index contributed by atoms with van der Waals surface area (Å²) in [5.74, 6) is 0.741. The van der Waals surface area contributed by atoms with Crippen molar-refractivity contribution in [2.75, 3.05) is 26.2 Å². The van der Waals surface area contributed by atoms with Crippen LogP contribution in [0.15, 0.2) is 24.4 Å². The maximum atomic E-state index is 13.1. The molecule has 2 aliphatic rings. The Labute approximate surface area is 180 Å². The lowest BCUT2D eigenvalue weighted by molar-refractivity contribution is -0.121. The number of nitrogens with one attached hydrogen (secondary N) is 1. The fourth-order valence-corrected chi connectivity index (χ4v) is 4.06. The molecule has 8 nitrogen and oxygen atoms in total. The Morgan fingerprint density at radius 3 is 2.97 bits per heavy atom. The third kappa shape index (κ3) is 5.11. The molecule has 0 radical (unpaired) electrons. The van der Waals surface area contributed by atoms with E-state index in [9.17, 15) is 9.59 Å². The molecule has 1 atom stereocenters. The summed E-state index contributed by atoms with van der Waals surface area (Å²) < 4.78 is 7.70. The van der Waals surface area contributed by atoms with Crippen molar-refractivity contribution < 1.29 is 14.3 Å². The van der Waals surface area contributed by atoms with Crippen molar-refractivity contribution in [2.45, 2.75) is 38.6 Å². The fourth-order valence-electron chi connectivity index (χ4n) is 3.89. The Morgan fingerprint density at radius 2 is 2.07 bits per heavy atom. The highest BCUT2D eigenvalue weighted by Gasteiger charge is 2.29. The molecule has 1 fully saturated rings. The molecule has 4 rings (SSSR count). The lowest BCUT2D eigenvalue weighted by atomic mass is 10.1. The molecule has 0 saturated carbocycles. The van der Waals surface area contributed by atoms with Crippen molar-refractivity contribution in [3.63, 3.8) is 0 Å². The van der Waals surface area contributed by atoms with Gasteiger partial charge in [0.15, 0.2) is 0 Å². The number of benzene rings is 1. The standard InChI is InChI=1S/C21H26ClN5O3/c22-16-5-6-18-19(11-16)30-10-2-8-27-14-17(24-25-27)3-1-4-20(28)23-12-15-7-9-26(13-15)21(18)29/h5-6,11,14-15H,1-4,7-10,12-13H2,(H,23,28). The van der Waals surface area contributed by atoms with Crippen LogP contribution in [0.2, 0.25) is 5.02 Å². The number of amides is 2. The van der Waals surface area contributed by atoms with Gasteiger partial charge in [-0.2, -0.15) is 0 Å². The zero-order valence-electron chi connectivity index (χ0n) is 16.8. The Balaban J connectivity index is 1.50. The van der Waals surface area contributed by atoms with Crippen LogP contribution >= 0.6 is 11.6 Å². The highest BCUT2D eigenvalue weighted by molar-refractivity contribution is 6.30. The second kappa shape index (κ2) is 9.47. The number of aromatic nitrogens is 3. The van der Waals surface area contributed by atoms with Crippen LogP contribution in [0.5, 0.6) is 5.75 Å². The summed E-state index contributed by atoms with van der Waals surface area (Å²) in [6.07, 6.45) is 5.42. The molecule has 3 heterocycles. The summed E-state index contributed by atoms with van der Waals surface area (Å²) in [5, 5.41) is 11.8. The molecule has 0 aliphatic carbocycles. The molecule has 4 bridgehead atoms. The number of carbonyl (C=O) groups excluding carboxylic acids is 2. The number of aryl methyl sites for hydroxylation is 2. The molecule has 1 saturated heterocycles. The monoisotopic (exact) mass is 431 g/mol. The highest BCUT2D eigenvalue weighted by atomic mass is 35.5. The fraction of sp³-hybridized carbons (Fsp3) is 0.524. The molecule has 1 N–H and O–H groups in total. The van der Waals surface area contributed by atoms with Crippen molar-refractivity contribution in [1.29, 1.82) is 0 Å². The smallest absolute Gasteiger partial charge is 0.257 e. The van der Waals surface area contributed by atoms with Gasteiger partial charge in [-0.15, -0.1) is 5.10 Å². The molecule has 1 aromatic carbocycles. The van der Waals surface area contributed by atoms with Crippen LogP contribution in [0.3, 0.4) is 0 Å². The summed E-state index contributed by atoms with van der Waals surface area (Å²) in [6.45, 7) is 2.99. The first-order chi connectivity index (χ1) is 14.6. The summed E-state index contributed by atoms with van der Waals surface area (Å²) in [4.78, 5) is 27.1. The van der Waals surface area contributed by atoms with Gasteiger partial charge < -0.3 is 15.0 Å². The van der Waals surface area contributed by atoms with E-state index >= 15 is 0 Å². The normalized spacial score (nSPS) is 21.1. The third-order valence-corrected chi connectivity index (χ3v) is 5.78. The molecule has 30 heavy (non-hydrogen) atoms. The van der Waals surface area contributed by atoms with Gasteiger partial charge in [-0.25, -0.2) is 0 Å². The Kier molecular flexibility index (Phi) is 6.52. The van der Waals surface area contributed by atoms with Crippen LogP contribution in [0, 0.1) is 5.92 Å². The van der Waals surface area contributed by atoms with Crippen LogP contribution in [-0.4, -0.2) is 57.9 Å². The molecule has 1 unspecified atom stereocenters. The number of nitrogens with zero attached hydrogens (tertiary/aromatic N) is 4. The Hall–Kier alpha value is -2.61. The van der Waals surface area contributed by atoms with E-state index in [0.717, 1.165) is 31.4 Å². The quantitative estimate of drug-likeness (QED) is 0.691. The van der Waals surface area contributed by atoms with Gasteiger partial charge in [-0.3, -0.25) is 14.3 Å². The zero-order valence-corrected chi connectivity index (χ0v) is 17.6. The number of hydrogen-bond acceptors (Lipinski definition) is 5. The van der Waals surface area contributed by atoms with E-state index < -0.39 is 0 Å². The molecular formula is C21H26ClN5O3. The Morgan fingerprint density at radius 1 is 1.17 bits per heavy atom. The molecule has 0 spiro atoms. The van der Waals surface area contributed by atoms with Crippen LogP contribution in [0.4, 0.5) is 0 Å². The molecule has 1 aromatic heterocycles. The van der Waals surface area contributed by atoms with Gasteiger partial charge in [-0.1, -0.05) is 16.8 Å². The molecular weight excluding hydrogens is 406 g/mol. The molecule has 2 amide bonds. The van der Waals surface area contributed by atoms with Gasteiger partial charge in [0.05, 0.1) is 17.9 Å². The van der Waals surface area contributed by atoms with E-state index in [0.29, 0.717) is 55.5 Å². The van der Waals surface area contributed by atoms with Crippen molar-refractivity contribution in [3.05, 3.63) is 40.7 Å². The number of halogens is 1. The minimum atomic E-state index is -0.0608. The van der Waals surface area contributed by atoms with E-state index in [2.05, 4.69) is 15.6 Å². The highest BCUT2D eigenvalue weighted by Crippen LogP contribution is 2.27. The van der Waals surface area contributed by atoms with E-state index in [4.69, 9.17) is 16.3 Å². The number of fused-ring (bicyclic) bond motifs is 5. The van der Waals surface area contributed by atoms with Crippen molar-refractivity contribution in [3.8, 4) is 5.75 Å². The van der Waals surface area contributed by atoms with Gasteiger partial charge in [0.1, 0.15) is 5.75 Å². The number of rotatable bonds is 0. The molecule has 9 heteroatoms. The van der Waals surface area contributed by atoms with E-state index in [-0.39, 0.29) is 17.7 Å². The topological polar surface area (TPSA) is 89.4 Å². The average molecular weight is 432 g/mol. The predicted molar refractivity (Wildman–Crippen MR) is 112 cm³/mol. The van der Waals surface area contributed by atoms with Gasteiger partial charge in [0.2, 0.25) is 5.91 Å². The largest absolute Gasteiger partial charge is 0.493 e. The maximum Gasteiger partial charge on any atom is 0.257 e. The van der Waals surface area contributed by atoms with Crippen LogP contribution in [0.25, 0.3) is 0 Å². The van der Waals surface area contributed by atoms with Gasteiger partial charge in [0.25, 0.3) is 5.91 Å². The molecule has 160 valence electrons. The minimum absolute atomic E-state index is 0.0403. The summed E-state index contributed by atoms with van der Waals surface area (Å²) >= 11 is 6.14. The lowest BCUT2D eigenvalue weighted by Gasteiger charge is -2.19.